The van der Waals surface area contributed by atoms with Gasteiger partial charge in [0.05, 0.1) is 5.69 Å². The van der Waals surface area contributed by atoms with Gasteiger partial charge in [-0.15, -0.1) is 0 Å². The number of rotatable bonds is 3. The summed E-state index contributed by atoms with van der Waals surface area (Å²) >= 11 is 1.47. The first-order chi connectivity index (χ1) is 9.38. The van der Waals surface area contributed by atoms with Crippen LogP contribution in [0.3, 0.4) is 0 Å². The summed E-state index contributed by atoms with van der Waals surface area (Å²) in [6.45, 7) is 0. The molecule has 4 nitrogen and oxygen atoms in total. The summed E-state index contributed by atoms with van der Waals surface area (Å²) < 4.78 is 0. The van der Waals surface area contributed by atoms with Gasteiger partial charge in [-0.05, 0) is 23.8 Å². The van der Waals surface area contributed by atoms with Crippen molar-refractivity contribution < 1.29 is 0 Å². The van der Waals surface area contributed by atoms with Gasteiger partial charge in [0.15, 0.2) is 11.4 Å². The molecule has 0 atom stereocenters. The molecule has 5 heteroatoms. The van der Waals surface area contributed by atoms with Crippen LogP contribution < -0.4 is 5.32 Å². The Balaban J connectivity index is 2.05. The van der Waals surface area contributed by atoms with Gasteiger partial charge in [0.1, 0.15) is 0 Å². The molecular formula is C14H12N4S. The van der Waals surface area contributed by atoms with Gasteiger partial charge in [0.25, 0.3) is 0 Å². The molecule has 0 fully saturated rings. The summed E-state index contributed by atoms with van der Waals surface area (Å²) in [5, 5.41) is 11.9. The number of aliphatic imine (C=N–C) groups is 1. The number of aromatic nitrogens is 1. The monoisotopic (exact) mass is 268 g/mol. The van der Waals surface area contributed by atoms with Crippen LogP contribution in [0.15, 0.2) is 59.9 Å². The van der Waals surface area contributed by atoms with E-state index in [0.717, 1.165) is 11.3 Å². The standard InChI is InChI=1S/C14H12N4S/c15-11-17-14(18-13-6-2-1-3-7-13)19-10-12-5-4-8-16-9-12/h1-9H,10H2,(H,17,18). The van der Waals surface area contributed by atoms with Crippen molar-refractivity contribution in [1.29, 1.82) is 5.26 Å². The van der Waals surface area contributed by atoms with Gasteiger partial charge in [-0.25, -0.2) is 4.99 Å². The third-order valence-electron chi connectivity index (χ3n) is 2.25. The molecule has 0 amide bonds. The van der Waals surface area contributed by atoms with E-state index in [1.807, 2.05) is 48.7 Å². The van der Waals surface area contributed by atoms with E-state index in [0.29, 0.717) is 10.9 Å². The molecule has 0 saturated carbocycles. The number of pyridine rings is 1. The van der Waals surface area contributed by atoms with Gasteiger partial charge >= 0.3 is 0 Å². The second-order valence-electron chi connectivity index (χ2n) is 3.64. The summed E-state index contributed by atoms with van der Waals surface area (Å²) in [4.78, 5) is 8.44. The first kappa shape index (κ1) is 13.1. The van der Waals surface area contributed by atoms with Crippen LogP contribution in [0, 0.1) is 11.5 Å². The third-order valence-corrected chi connectivity index (χ3v) is 3.19. The summed E-state index contributed by atoms with van der Waals surface area (Å²) in [6.07, 6.45) is 5.45. The highest BCUT2D eigenvalue weighted by Crippen LogP contribution is 2.16. The van der Waals surface area contributed by atoms with Crippen LogP contribution in [0.5, 0.6) is 0 Å². The van der Waals surface area contributed by atoms with Crippen molar-refractivity contribution >= 4 is 22.6 Å². The molecule has 1 heterocycles. The zero-order valence-corrected chi connectivity index (χ0v) is 11.0. The van der Waals surface area contributed by atoms with Crippen LogP contribution in [0.1, 0.15) is 5.56 Å². The fraction of sp³-hybridized carbons (Fsp3) is 0.0714. The van der Waals surface area contributed by atoms with E-state index in [4.69, 9.17) is 5.26 Å². The lowest BCUT2D eigenvalue weighted by molar-refractivity contribution is 1.25. The molecule has 0 bridgehead atoms. The van der Waals surface area contributed by atoms with Gasteiger partial charge in [-0.2, -0.15) is 5.26 Å². The van der Waals surface area contributed by atoms with Crippen molar-refractivity contribution in [1.82, 2.24) is 10.3 Å². The molecule has 1 aromatic heterocycles. The molecule has 0 saturated heterocycles. The van der Waals surface area contributed by atoms with E-state index in [2.05, 4.69) is 15.3 Å². The van der Waals surface area contributed by atoms with E-state index in [1.54, 1.807) is 12.4 Å². The molecule has 19 heavy (non-hydrogen) atoms. The molecule has 2 rings (SSSR count). The highest BCUT2D eigenvalue weighted by molar-refractivity contribution is 8.13. The van der Waals surface area contributed by atoms with E-state index in [9.17, 15) is 0 Å². The molecule has 0 unspecified atom stereocenters. The minimum absolute atomic E-state index is 0.581. The summed E-state index contributed by atoms with van der Waals surface area (Å²) in [6, 6.07) is 13.4. The maximum absolute atomic E-state index is 8.74. The smallest absolute Gasteiger partial charge is 0.183 e. The number of para-hydroxylation sites is 1. The maximum Gasteiger partial charge on any atom is 0.183 e. The normalized spacial score (nSPS) is 10.8. The van der Waals surface area contributed by atoms with Gasteiger partial charge in [0.2, 0.25) is 0 Å². The van der Waals surface area contributed by atoms with Crippen LogP contribution in [0.25, 0.3) is 0 Å². The molecule has 1 aromatic carbocycles. The molecule has 1 N–H and O–H groups in total. The Labute approximate surface area is 116 Å². The lowest BCUT2D eigenvalue weighted by Crippen LogP contribution is -2.13. The number of nitrogens with zero attached hydrogens (tertiary/aromatic N) is 3. The minimum Gasteiger partial charge on any atom is -0.271 e. The third kappa shape index (κ3) is 4.45. The number of benzene rings is 1. The number of nitriles is 1. The number of hydrogen-bond acceptors (Lipinski definition) is 4. The van der Waals surface area contributed by atoms with Crippen molar-refractivity contribution in [2.24, 2.45) is 4.99 Å². The quantitative estimate of drug-likeness (QED) is 0.402. The second-order valence-corrected chi connectivity index (χ2v) is 4.60. The van der Waals surface area contributed by atoms with Crippen molar-refractivity contribution in [2.75, 3.05) is 0 Å². The van der Waals surface area contributed by atoms with E-state index in [1.165, 1.54) is 11.8 Å². The highest BCUT2D eigenvalue weighted by Gasteiger charge is 2.01. The lowest BCUT2D eigenvalue weighted by Gasteiger charge is -2.03. The summed E-state index contributed by atoms with van der Waals surface area (Å²) in [7, 11) is 0. The molecule has 94 valence electrons. The maximum atomic E-state index is 8.74. The van der Waals surface area contributed by atoms with Crippen LogP contribution in [-0.2, 0) is 5.75 Å². The Morgan fingerprint density at radius 3 is 2.79 bits per heavy atom. The zero-order chi connectivity index (χ0) is 13.3. The minimum atomic E-state index is 0.581. The van der Waals surface area contributed by atoms with Crippen molar-refractivity contribution in [3.8, 4) is 6.19 Å². The van der Waals surface area contributed by atoms with Crippen molar-refractivity contribution in [3.05, 3.63) is 60.4 Å². The van der Waals surface area contributed by atoms with E-state index < -0.39 is 0 Å². The number of hydrogen-bond donors (Lipinski definition) is 1. The van der Waals surface area contributed by atoms with Crippen LogP contribution >= 0.6 is 11.8 Å². The predicted octanol–water partition coefficient (Wildman–Crippen LogP) is 3.07. The SMILES string of the molecule is N#CNC(=Nc1ccccc1)SCc1cccnc1. The van der Waals surface area contributed by atoms with Crippen LogP contribution in [0.4, 0.5) is 5.69 Å². The van der Waals surface area contributed by atoms with Gasteiger partial charge in [-0.1, -0.05) is 36.0 Å². The largest absolute Gasteiger partial charge is 0.271 e. The molecule has 2 aromatic rings. The fourth-order valence-electron chi connectivity index (χ4n) is 1.40. The van der Waals surface area contributed by atoms with Gasteiger partial charge < -0.3 is 0 Å². The molecule has 0 radical (unpaired) electrons. The Kier molecular flexibility index (Phi) is 4.96. The first-order valence-electron chi connectivity index (χ1n) is 5.69. The Bertz CT molecular complexity index is 575. The molecule has 0 aliphatic carbocycles. The number of amidine groups is 1. The fourth-order valence-corrected chi connectivity index (χ4v) is 2.16. The molecule has 0 aliphatic rings. The van der Waals surface area contributed by atoms with E-state index in [-0.39, 0.29) is 0 Å². The Morgan fingerprint density at radius 2 is 2.11 bits per heavy atom. The number of nitrogens with one attached hydrogen (secondary N) is 1. The second kappa shape index (κ2) is 7.19. The highest BCUT2D eigenvalue weighted by atomic mass is 32.2. The van der Waals surface area contributed by atoms with Gasteiger partial charge in [-0.3, -0.25) is 10.3 Å². The summed E-state index contributed by atoms with van der Waals surface area (Å²) in [5.41, 5.74) is 1.91. The van der Waals surface area contributed by atoms with Crippen LogP contribution in [0.2, 0.25) is 0 Å². The van der Waals surface area contributed by atoms with Crippen molar-refractivity contribution in [2.45, 2.75) is 5.75 Å². The van der Waals surface area contributed by atoms with Gasteiger partial charge in [0, 0.05) is 18.1 Å². The molecular weight excluding hydrogens is 256 g/mol. The van der Waals surface area contributed by atoms with Crippen LogP contribution in [-0.4, -0.2) is 10.2 Å². The number of thioether (sulfide) groups is 1. The average Bonchev–Trinajstić information content (AvgIpc) is 2.47. The summed E-state index contributed by atoms with van der Waals surface area (Å²) in [5.74, 6) is 0.716. The Morgan fingerprint density at radius 1 is 1.26 bits per heavy atom. The molecule has 0 aliphatic heterocycles. The molecule has 0 spiro atoms. The topological polar surface area (TPSA) is 61.1 Å². The predicted molar refractivity (Wildman–Crippen MR) is 77.8 cm³/mol. The van der Waals surface area contributed by atoms with Crippen molar-refractivity contribution in [3.63, 3.8) is 0 Å². The first-order valence-corrected chi connectivity index (χ1v) is 6.67. The van der Waals surface area contributed by atoms with E-state index >= 15 is 0 Å². The lowest BCUT2D eigenvalue weighted by atomic mass is 10.3. The zero-order valence-electron chi connectivity index (χ0n) is 10.2. The average molecular weight is 268 g/mol. The Hall–Kier alpha value is -2.32.